The van der Waals surface area contributed by atoms with Gasteiger partial charge in [0.15, 0.2) is 0 Å². The van der Waals surface area contributed by atoms with E-state index in [9.17, 15) is 18.0 Å². The number of carbonyl (C=O) groups excluding carboxylic acids is 2. The second-order valence-electron chi connectivity index (χ2n) is 7.01. The molecule has 9 heteroatoms. The Morgan fingerprint density at radius 1 is 1.03 bits per heavy atom. The normalized spacial score (nSPS) is 11.4. The van der Waals surface area contributed by atoms with Crippen LogP contribution in [0.15, 0.2) is 53.4 Å². The van der Waals surface area contributed by atoms with E-state index in [1.807, 2.05) is 6.92 Å². The highest BCUT2D eigenvalue weighted by Crippen LogP contribution is 2.20. The summed E-state index contributed by atoms with van der Waals surface area (Å²) in [5.74, 6) is -0.357. The van der Waals surface area contributed by atoms with Gasteiger partial charge in [0.25, 0.3) is 15.9 Å². The Morgan fingerprint density at radius 2 is 1.69 bits per heavy atom. The van der Waals surface area contributed by atoms with Gasteiger partial charge in [0.05, 0.1) is 12.0 Å². The van der Waals surface area contributed by atoms with Crippen molar-refractivity contribution in [3.63, 3.8) is 0 Å². The summed E-state index contributed by atoms with van der Waals surface area (Å²) in [6.07, 6.45) is 0.597. The van der Waals surface area contributed by atoms with Crippen molar-refractivity contribution >= 4 is 27.5 Å². The number of hydrogen-bond donors (Lipinski definition) is 3. The zero-order valence-electron chi connectivity index (χ0n) is 16.8. The average molecular weight is 420 g/mol. The molecule has 0 spiro atoms. The van der Waals surface area contributed by atoms with Gasteiger partial charge in [0.2, 0.25) is 5.91 Å². The molecule has 0 heterocycles. The molecule has 0 atom stereocenters. The van der Waals surface area contributed by atoms with E-state index >= 15 is 0 Å². The van der Waals surface area contributed by atoms with Crippen molar-refractivity contribution in [1.82, 2.24) is 10.9 Å². The van der Waals surface area contributed by atoms with Crippen LogP contribution in [0.5, 0.6) is 5.75 Å². The maximum Gasteiger partial charge on any atom is 0.269 e. The molecular formula is C20H25N3O5S. The van der Waals surface area contributed by atoms with Gasteiger partial charge < -0.3 is 4.74 Å². The number of benzene rings is 2. The Morgan fingerprint density at radius 3 is 2.28 bits per heavy atom. The topological polar surface area (TPSA) is 114 Å². The van der Waals surface area contributed by atoms with Crippen molar-refractivity contribution in [3.05, 3.63) is 54.1 Å². The fourth-order valence-electron chi connectivity index (χ4n) is 2.19. The van der Waals surface area contributed by atoms with Crippen LogP contribution in [-0.4, -0.2) is 27.3 Å². The minimum Gasteiger partial charge on any atom is -0.497 e. The number of ether oxygens (including phenoxy) is 1. The van der Waals surface area contributed by atoms with Crippen molar-refractivity contribution in [2.24, 2.45) is 5.41 Å². The second kappa shape index (κ2) is 8.95. The zero-order valence-corrected chi connectivity index (χ0v) is 17.6. The highest BCUT2D eigenvalue weighted by atomic mass is 32.2. The quantitative estimate of drug-likeness (QED) is 0.597. The minimum atomic E-state index is -3.91. The standard InChI is InChI=1S/C20H25N3O5S/c1-5-20(2,3)19(25)22-21-18(24)14-7-6-8-17(13-14)29(26,27)23-15-9-11-16(28-4)12-10-15/h6-13,23H,5H2,1-4H3,(H,21,24)(H,22,25). The van der Waals surface area contributed by atoms with Crippen LogP contribution in [0.2, 0.25) is 0 Å². The highest BCUT2D eigenvalue weighted by Gasteiger charge is 2.25. The predicted octanol–water partition coefficient (Wildman–Crippen LogP) is 2.69. The Bertz CT molecular complexity index is 985. The lowest BCUT2D eigenvalue weighted by Gasteiger charge is -2.21. The molecule has 2 amide bonds. The van der Waals surface area contributed by atoms with Gasteiger partial charge in [0, 0.05) is 16.7 Å². The summed E-state index contributed by atoms with van der Waals surface area (Å²) in [7, 11) is -2.39. The number of methoxy groups -OCH3 is 1. The third-order valence-electron chi connectivity index (χ3n) is 4.54. The van der Waals surface area contributed by atoms with Crippen LogP contribution >= 0.6 is 0 Å². The molecule has 2 rings (SSSR count). The van der Waals surface area contributed by atoms with Crippen LogP contribution in [0, 0.1) is 5.41 Å². The number of anilines is 1. The summed E-state index contributed by atoms with van der Waals surface area (Å²) in [4.78, 5) is 24.3. The molecule has 2 aromatic carbocycles. The summed E-state index contributed by atoms with van der Waals surface area (Å²) in [6, 6.07) is 11.9. The number of hydrogen-bond acceptors (Lipinski definition) is 5. The summed E-state index contributed by atoms with van der Waals surface area (Å²) in [5.41, 5.74) is 4.49. The molecule has 0 saturated carbocycles. The number of hydrazine groups is 1. The van der Waals surface area contributed by atoms with E-state index < -0.39 is 21.3 Å². The van der Waals surface area contributed by atoms with Crippen molar-refractivity contribution < 1.29 is 22.7 Å². The van der Waals surface area contributed by atoms with Gasteiger partial charge in [-0.15, -0.1) is 0 Å². The number of sulfonamides is 1. The van der Waals surface area contributed by atoms with Crippen molar-refractivity contribution in [3.8, 4) is 5.75 Å². The van der Waals surface area contributed by atoms with E-state index in [0.717, 1.165) is 0 Å². The van der Waals surface area contributed by atoms with Crippen LogP contribution in [-0.2, 0) is 14.8 Å². The van der Waals surface area contributed by atoms with Crippen LogP contribution in [0.1, 0.15) is 37.6 Å². The van der Waals surface area contributed by atoms with Gasteiger partial charge in [-0.1, -0.05) is 26.8 Å². The van der Waals surface area contributed by atoms with Crippen LogP contribution in [0.25, 0.3) is 0 Å². The third-order valence-corrected chi connectivity index (χ3v) is 5.92. The summed E-state index contributed by atoms with van der Waals surface area (Å²) >= 11 is 0. The van der Waals surface area contributed by atoms with Crippen molar-refractivity contribution in [2.75, 3.05) is 11.8 Å². The average Bonchev–Trinajstić information content (AvgIpc) is 2.72. The van der Waals surface area contributed by atoms with Gasteiger partial charge in [-0.05, 0) is 48.9 Å². The summed E-state index contributed by atoms with van der Waals surface area (Å²) in [5, 5.41) is 0. The maximum absolute atomic E-state index is 12.6. The van der Waals surface area contributed by atoms with Crippen molar-refractivity contribution in [2.45, 2.75) is 32.1 Å². The van der Waals surface area contributed by atoms with Gasteiger partial charge in [-0.2, -0.15) is 0 Å². The van der Waals surface area contributed by atoms with Gasteiger partial charge in [-0.3, -0.25) is 25.2 Å². The molecule has 0 saturated heterocycles. The maximum atomic E-state index is 12.6. The molecule has 0 aliphatic carbocycles. The highest BCUT2D eigenvalue weighted by molar-refractivity contribution is 7.92. The Labute approximate surface area is 170 Å². The molecule has 0 unspecified atom stereocenters. The van der Waals surface area contributed by atoms with Crippen molar-refractivity contribution in [1.29, 1.82) is 0 Å². The van der Waals surface area contributed by atoms with Crippen LogP contribution in [0.4, 0.5) is 5.69 Å². The lowest BCUT2D eigenvalue weighted by atomic mass is 9.90. The second-order valence-corrected chi connectivity index (χ2v) is 8.69. The smallest absolute Gasteiger partial charge is 0.269 e. The SMILES string of the molecule is CCC(C)(C)C(=O)NNC(=O)c1cccc(S(=O)(=O)Nc2ccc(OC)cc2)c1. The van der Waals surface area contributed by atoms with Gasteiger partial charge in [0.1, 0.15) is 5.75 Å². The van der Waals surface area contributed by atoms with E-state index in [1.165, 1.54) is 31.4 Å². The molecule has 8 nitrogen and oxygen atoms in total. The van der Waals surface area contributed by atoms with Gasteiger partial charge in [-0.25, -0.2) is 8.42 Å². The first-order chi connectivity index (χ1) is 13.6. The molecule has 0 aromatic heterocycles. The molecule has 0 aliphatic rings. The molecular weight excluding hydrogens is 394 g/mol. The minimum absolute atomic E-state index is 0.0822. The Kier molecular flexibility index (Phi) is 6.86. The molecule has 0 fully saturated rings. The fourth-order valence-corrected chi connectivity index (χ4v) is 3.30. The van der Waals surface area contributed by atoms with E-state index in [0.29, 0.717) is 17.9 Å². The summed E-state index contributed by atoms with van der Waals surface area (Å²) < 4.78 is 32.7. The monoisotopic (exact) mass is 419 g/mol. The Balaban J connectivity index is 2.12. The number of carbonyl (C=O) groups is 2. The first-order valence-electron chi connectivity index (χ1n) is 8.97. The Hall–Kier alpha value is -3.07. The lowest BCUT2D eigenvalue weighted by molar-refractivity contribution is -0.130. The molecule has 0 bridgehead atoms. The fraction of sp³-hybridized carbons (Fsp3) is 0.300. The van der Waals surface area contributed by atoms with Crippen LogP contribution < -0.4 is 20.3 Å². The van der Waals surface area contributed by atoms with E-state index in [1.54, 1.807) is 38.1 Å². The largest absolute Gasteiger partial charge is 0.497 e. The van der Waals surface area contributed by atoms with E-state index in [2.05, 4.69) is 15.6 Å². The molecule has 0 radical (unpaired) electrons. The molecule has 156 valence electrons. The van der Waals surface area contributed by atoms with Gasteiger partial charge >= 0.3 is 0 Å². The predicted molar refractivity (Wildman–Crippen MR) is 110 cm³/mol. The summed E-state index contributed by atoms with van der Waals surface area (Å²) in [6.45, 7) is 5.38. The first-order valence-corrected chi connectivity index (χ1v) is 10.4. The molecule has 29 heavy (non-hydrogen) atoms. The molecule has 2 aromatic rings. The lowest BCUT2D eigenvalue weighted by Crippen LogP contribution is -2.47. The third kappa shape index (κ3) is 5.71. The van der Waals surface area contributed by atoms with E-state index in [4.69, 9.17) is 4.74 Å². The number of amides is 2. The van der Waals surface area contributed by atoms with Crippen LogP contribution in [0.3, 0.4) is 0 Å². The van der Waals surface area contributed by atoms with E-state index in [-0.39, 0.29) is 16.4 Å². The zero-order chi connectivity index (χ0) is 21.7. The molecule has 0 aliphatic heterocycles. The number of nitrogens with one attached hydrogen (secondary N) is 3. The first kappa shape index (κ1) is 22.2. The number of rotatable bonds is 7. The molecule has 3 N–H and O–H groups in total.